The Bertz CT molecular complexity index is 55.0. The molecule has 0 aliphatic heterocycles. The van der Waals surface area contributed by atoms with Crippen LogP contribution in [0.3, 0.4) is 0 Å². The molecule has 3 nitrogen and oxygen atoms in total. The summed E-state index contributed by atoms with van der Waals surface area (Å²) in [6.07, 6.45) is 0. The summed E-state index contributed by atoms with van der Waals surface area (Å²) in [6.45, 7) is 6.62. The first-order valence-corrected chi connectivity index (χ1v) is 3.38. The zero-order chi connectivity index (χ0) is 7.11. The van der Waals surface area contributed by atoms with Gasteiger partial charge in [-0.2, -0.15) is 5.43 Å². The molecule has 9 heavy (non-hydrogen) atoms. The maximum absolute atomic E-state index is 8.39. The van der Waals surface area contributed by atoms with Crippen LogP contribution in [0.5, 0.6) is 0 Å². The van der Waals surface area contributed by atoms with E-state index in [9.17, 15) is 0 Å². The number of aliphatic hydroxyl groups excluding tert-OH is 1. The van der Waals surface area contributed by atoms with Crippen molar-refractivity contribution in [2.24, 2.45) is 0 Å². The molecule has 0 atom stereocenters. The molecule has 0 saturated heterocycles. The fraction of sp³-hybridized carbons (Fsp3) is 1.00. The van der Waals surface area contributed by atoms with Crippen molar-refractivity contribution < 1.29 is 5.11 Å². The normalized spacial score (nSPS) is 10.7. The van der Waals surface area contributed by atoms with Crippen LogP contribution in [0.4, 0.5) is 0 Å². The van der Waals surface area contributed by atoms with E-state index in [1.807, 2.05) is 18.9 Å². The monoisotopic (exact) mass is 131 g/mol. The SMILES string of the molecule is CCN(CC)[N]CCO. The first-order valence-electron chi connectivity index (χ1n) is 3.38. The smallest absolute Gasteiger partial charge is 0.0587 e. The van der Waals surface area contributed by atoms with Gasteiger partial charge in [0.25, 0.3) is 0 Å². The fourth-order valence-corrected chi connectivity index (χ4v) is 0.610. The summed E-state index contributed by atoms with van der Waals surface area (Å²) in [4.78, 5) is 0. The van der Waals surface area contributed by atoms with Gasteiger partial charge in [0.05, 0.1) is 13.2 Å². The van der Waals surface area contributed by atoms with Gasteiger partial charge in [-0.1, -0.05) is 13.8 Å². The Morgan fingerprint density at radius 3 is 2.22 bits per heavy atom. The van der Waals surface area contributed by atoms with Gasteiger partial charge in [0.1, 0.15) is 0 Å². The molecule has 0 aromatic rings. The maximum Gasteiger partial charge on any atom is 0.0587 e. The average Bonchev–Trinajstić information content (AvgIpc) is 1.91. The van der Waals surface area contributed by atoms with Crippen molar-refractivity contribution in [3.8, 4) is 0 Å². The van der Waals surface area contributed by atoms with Crippen LogP contribution < -0.4 is 5.43 Å². The van der Waals surface area contributed by atoms with Gasteiger partial charge < -0.3 is 5.11 Å². The Morgan fingerprint density at radius 1 is 1.33 bits per heavy atom. The van der Waals surface area contributed by atoms with Crippen LogP contribution in [0.15, 0.2) is 0 Å². The van der Waals surface area contributed by atoms with Crippen LogP contribution >= 0.6 is 0 Å². The molecule has 0 aromatic carbocycles. The highest BCUT2D eigenvalue weighted by Gasteiger charge is 1.95. The van der Waals surface area contributed by atoms with Gasteiger partial charge in [0.15, 0.2) is 0 Å². The van der Waals surface area contributed by atoms with Crippen LogP contribution in [0, 0.1) is 0 Å². The van der Waals surface area contributed by atoms with Gasteiger partial charge in [0, 0.05) is 13.1 Å². The molecular weight excluding hydrogens is 116 g/mol. The van der Waals surface area contributed by atoms with Crippen LogP contribution in [0.2, 0.25) is 0 Å². The van der Waals surface area contributed by atoms with Gasteiger partial charge in [-0.05, 0) is 0 Å². The number of nitrogens with zero attached hydrogens (tertiary/aromatic N) is 2. The lowest BCUT2D eigenvalue weighted by Gasteiger charge is -2.15. The summed E-state index contributed by atoms with van der Waals surface area (Å²) in [5, 5.41) is 10.3. The Balaban J connectivity index is 3.09. The average molecular weight is 131 g/mol. The number of hydrogen-bond acceptors (Lipinski definition) is 2. The van der Waals surface area contributed by atoms with E-state index in [0.29, 0.717) is 6.54 Å². The first-order chi connectivity index (χ1) is 4.35. The zero-order valence-corrected chi connectivity index (χ0v) is 6.17. The van der Waals surface area contributed by atoms with Gasteiger partial charge >= 0.3 is 0 Å². The minimum absolute atomic E-state index is 0.149. The number of hydrogen-bond donors (Lipinski definition) is 1. The molecule has 0 aliphatic carbocycles. The maximum atomic E-state index is 8.39. The van der Waals surface area contributed by atoms with Crippen molar-refractivity contribution in [2.75, 3.05) is 26.2 Å². The Labute approximate surface area is 56.6 Å². The lowest BCUT2D eigenvalue weighted by molar-refractivity contribution is 0.171. The third-order valence-electron chi connectivity index (χ3n) is 1.13. The largest absolute Gasteiger partial charge is 0.395 e. The van der Waals surface area contributed by atoms with E-state index in [1.54, 1.807) is 0 Å². The van der Waals surface area contributed by atoms with Gasteiger partial charge in [-0.15, -0.1) is 0 Å². The Kier molecular flexibility index (Phi) is 5.93. The second kappa shape index (κ2) is 6.01. The molecule has 1 N–H and O–H groups in total. The van der Waals surface area contributed by atoms with Gasteiger partial charge in [0.2, 0.25) is 0 Å². The van der Waals surface area contributed by atoms with Crippen LogP contribution in [0.1, 0.15) is 13.8 Å². The van der Waals surface area contributed by atoms with E-state index in [0.717, 1.165) is 13.1 Å². The molecule has 0 rings (SSSR count). The lowest BCUT2D eigenvalue weighted by atomic mass is 10.6. The van der Waals surface area contributed by atoms with Crippen LogP contribution in [-0.2, 0) is 0 Å². The quantitative estimate of drug-likeness (QED) is 0.526. The molecule has 0 saturated carbocycles. The molecule has 55 valence electrons. The molecular formula is C6H15N2O. The Morgan fingerprint density at radius 2 is 1.89 bits per heavy atom. The number of aliphatic hydroxyl groups is 1. The molecule has 0 amide bonds. The molecule has 0 aromatic heterocycles. The van der Waals surface area contributed by atoms with Crippen molar-refractivity contribution >= 4 is 0 Å². The standard InChI is InChI=1S/C6H15N2O/c1-3-8(4-2)7-5-6-9/h9H,3-6H2,1-2H3. The van der Waals surface area contributed by atoms with E-state index in [1.165, 1.54) is 0 Å². The molecule has 1 radical (unpaired) electrons. The zero-order valence-electron chi connectivity index (χ0n) is 6.17. The fourth-order valence-electron chi connectivity index (χ4n) is 0.610. The molecule has 0 bridgehead atoms. The van der Waals surface area contributed by atoms with Crippen molar-refractivity contribution in [1.82, 2.24) is 10.4 Å². The van der Waals surface area contributed by atoms with E-state index in [-0.39, 0.29) is 6.61 Å². The van der Waals surface area contributed by atoms with Gasteiger partial charge in [-0.25, -0.2) is 5.01 Å². The number of rotatable bonds is 5. The van der Waals surface area contributed by atoms with E-state index in [2.05, 4.69) is 5.43 Å². The van der Waals surface area contributed by atoms with Crippen molar-refractivity contribution in [2.45, 2.75) is 13.8 Å². The van der Waals surface area contributed by atoms with Crippen molar-refractivity contribution in [3.05, 3.63) is 0 Å². The summed E-state index contributed by atoms with van der Waals surface area (Å²) in [5.41, 5.74) is 4.06. The molecule has 0 aliphatic rings. The summed E-state index contributed by atoms with van der Waals surface area (Å²) in [5.74, 6) is 0. The molecule has 0 unspecified atom stereocenters. The van der Waals surface area contributed by atoms with Crippen molar-refractivity contribution in [1.29, 1.82) is 0 Å². The minimum Gasteiger partial charge on any atom is -0.395 e. The second-order valence-electron chi connectivity index (χ2n) is 1.73. The molecule has 0 fully saturated rings. The van der Waals surface area contributed by atoms with Crippen LogP contribution in [0.25, 0.3) is 0 Å². The highest BCUT2D eigenvalue weighted by atomic mass is 16.3. The van der Waals surface area contributed by atoms with Crippen molar-refractivity contribution in [3.63, 3.8) is 0 Å². The Hall–Kier alpha value is -0.120. The van der Waals surface area contributed by atoms with E-state index < -0.39 is 0 Å². The predicted octanol–water partition coefficient (Wildman–Crippen LogP) is -0.160. The third kappa shape index (κ3) is 4.39. The second-order valence-corrected chi connectivity index (χ2v) is 1.73. The summed E-state index contributed by atoms with van der Waals surface area (Å²) in [6, 6.07) is 0. The molecule has 3 heteroatoms. The van der Waals surface area contributed by atoms with E-state index >= 15 is 0 Å². The summed E-state index contributed by atoms with van der Waals surface area (Å²) < 4.78 is 0. The molecule has 0 heterocycles. The highest BCUT2D eigenvalue weighted by Crippen LogP contribution is 1.79. The topological polar surface area (TPSA) is 37.6 Å². The van der Waals surface area contributed by atoms with Gasteiger partial charge in [-0.3, -0.25) is 0 Å². The first kappa shape index (κ1) is 8.88. The summed E-state index contributed by atoms with van der Waals surface area (Å²) in [7, 11) is 0. The third-order valence-corrected chi connectivity index (χ3v) is 1.13. The lowest BCUT2D eigenvalue weighted by Crippen LogP contribution is -2.33. The summed E-state index contributed by atoms with van der Waals surface area (Å²) >= 11 is 0. The highest BCUT2D eigenvalue weighted by molar-refractivity contribution is 4.42. The van der Waals surface area contributed by atoms with E-state index in [4.69, 9.17) is 5.11 Å². The minimum atomic E-state index is 0.149. The van der Waals surface area contributed by atoms with Crippen LogP contribution in [-0.4, -0.2) is 36.4 Å². The molecule has 0 spiro atoms. The predicted molar refractivity (Wildman–Crippen MR) is 37.0 cm³/mol.